The van der Waals surface area contributed by atoms with Gasteiger partial charge in [0.2, 0.25) is 5.91 Å². The van der Waals surface area contributed by atoms with E-state index in [1.165, 1.54) is 4.90 Å². The summed E-state index contributed by atoms with van der Waals surface area (Å²) < 4.78 is 5.92. The van der Waals surface area contributed by atoms with E-state index in [0.717, 1.165) is 27.5 Å². The van der Waals surface area contributed by atoms with Gasteiger partial charge in [0.1, 0.15) is 11.2 Å². The predicted molar refractivity (Wildman–Crippen MR) is 117 cm³/mol. The highest BCUT2D eigenvalue weighted by Crippen LogP contribution is 2.33. The van der Waals surface area contributed by atoms with Crippen LogP contribution in [0.25, 0.3) is 21.9 Å². The molecule has 0 bridgehead atoms. The smallest absolute Gasteiger partial charge is 0.225 e. The fourth-order valence-electron chi connectivity index (χ4n) is 3.65. The summed E-state index contributed by atoms with van der Waals surface area (Å²) in [6.45, 7) is 0. The maximum absolute atomic E-state index is 11.9. The Hall–Kier alpha value is -3.15. The van der Waals surface area contributed by atoms with Crippen LogP contribution < -0.4 is 0 Å². The van der Waals surface area contributed by atoms with E-state index in [1.807, 2.05) is 60.7 Å². The topological polar surface area (TPSA) is 73.9 Å². The summed E-state index contributed by atoms with van der Waals surface area (Å²) in [6.07, 6.45) is -0.969. The number of benzene rings is 3. The molecule has 0 saturated heterocycles. The van der Waals surface area contributed by atoms with Crippen molar-refractivity contribution in [2.45, 2.75) is 25.0 Å². The molecule has 2 N–H and O–H groups in total. The van der Waals surface area contributed by atoms with E-state index in [0.29, 0.717) is 17.6 Å². The number of hydrogen-bond donors (Lipinski definition) is 2. The SMILES string of the molecule is CN(C)C(=O)CC(O)c1ccc2oc3ccc(C(O)Cc4ccccc4)cc3c2c1. The van der Waals surface area contributed by atoms with Crippen LogP contribution in [0.5, 0.6) is 0 Å². The molecule has 0 aliphatic rings. The Morgan fingerprint density at radius 1 is 0.867 bits per heavy atom. The van der Waals surface area contributed by atoms with Gasteiger partial charge in [-0.05, 0) is 41.0 Å². The molecule has 4 aromatic rings. The molecule has 0 aliphatic heterocycles. The highest BCUT2D eigenvalue weighted by molar-refractivity contribution is 6.05. The Kier molecular flexibility index (Phi) is 5.57. The first-order chi connectivity index (χ1) is 14.4. The lowest BCUT2D eigenvalue weighted by atomic mass is 9.98. The van der Waals surface area contributed by atoms with Crippen LogP contribution in [-0.4, -0.2) is 35.1 Å². The molecule has 0 saturated carbocycles. The van der Waals surface area contributed by atoms with Crippen LogP contribution in [0.1, 0.15) is 35.3 Å². The summed E-state index contributed by atoms with van der Waals surface area (Å²) in [5.74, 6) is -0.133. The zero-order valence-electron chi connectivity index (χ0n) is 17.1. The number of fused-ring (bicyclic) bond motifs is 3. The number of furan rings is 1. The van der Waals surface area contributed by atoms with Gasteiger partial charge in [-0.15, -0.1) is 0 Å². The van der Waals surface area contributed by atoms with Gasteiger partial charge >= 0.3 is 0 Å². The minimum Gasteiger partial charge on any atom is -0.456 e. The Morgan fingerprint density at radius 3 is 2.00 bits per heavy atom. The van der Waals surface area contributed by atoms with E-state index in [4.69, 9.17) is 4.42 Å². The van der Waals surface area contributed by atoms with Crippen LogP contribution in [-0.2, 0) is 11.2 Å². The lowest BCUT2D eigenvalue weighted by Gasteiger charge is -2.14. The van der Waals surface area contributed by atoms with Gasteiger partial charge in [-0.25, -0.2) is 0 Å². The average Bonchev–Trinajstić information content (AvgIpc) is 3.11. The molecule has 0 aliphatic carbocycles. The molecule has 0 radical (unpaired) electrons. The standard InChI is InChI=1S/C25H25NO4/c1-26(2)25(29)15-22(28)18-9-11-24-20(14-18)19-13-17(8-10-23(19)30-24)21(27)12-16-6-4-3-5-7-16/h3-11,13-14,21-22,27-28H,12,15H2,1-2H3. The van der Waals surface area contributed by atoms with E-state index in [-0.39, 0.29) is 12.3 Å². The molecule has 5 heteroatoms. The Morgan fingerprint density at radius 2 is 1.43 bits per heavy atom. The molecule has 0 fully saturated rings. The number of carbonyl (C=O) groups excluding carboxylic acids is 1. The van der Waals surface area contributed by atoms with Crippen LogP contribution >= 0.6 is 0 Å². The molecule has 3 aromatic carbocycles. The molecule has 2 atom stereocenters. The first-order valence-electron chi connectivity index (χ1n) is 9.98. The number of carbonyl (C=O) groups is 1. The second-order valence-electron chi connectivity index (χ2n) is 7.83. The third kappa shape index (κ3) is 4.08. The summed E-state index contributed by atoms with van der Waals surface area (Å²) >= 11 is 0. The van der Waals surface area contributed by atoms with Crippen molar-refractivity contribution >= 4 is 27.8 Å². The Labute approximate surface area is 175 Å². The number of hydrogen-bond acceptors (Lipinski definition) is 4. The minimum absolute atomic E-state index is 0.0231. The van der Waals surface area contributed by atoms with Crippen molar-refractivity contribution in [1.29, 1.82) is 0 Å². The molecule has 5 nitrogen and oxygen atoms in total. The van der Waals surface area contributed by atoms with Gasteiger partial charge in [0.05, 0.1) is 18.6 Å². The summed E-state index contributed by atoms with van der Waals surface area (Å²) in [6, 6.07) is 21.0. The Bertz CT molecular complexity index is 1180. The minimum atomic E-state index is -0.888. The number of amides is 1. The second-order valence-corrected chi connectivity index (χ2v) is 7.83. The molecule has 30 heavy (non-hydrogen) atoms. The fraction of sp³-hybridized carbons (Fsp3) is 0.240. The van der Waals surface area contributed by atoms with Crippen LogP contribution in [0.15, 0.2) is 71.1 Å². The summed E-state index contributed by atoms with van der Waals surface area (Å²) in [5.41, 5.74) is 3.96. The van der Waals surface area contributed by atoms with Crippen LogP contribution in [0.2, 0.25) is 0 Å². The number of rotatable bonds is 6. The lowest BCUT2D eigenvalue weighted by molar-refractivity contribution is -0.130. The second kappa shape index (κ2) is 8.30. The fourth-order valence-corrected chi connectivity index (χ4v) is 3.65. The van der Waals surface area contributed by atoms with Crippen molar-refractivity contribution in [3.8, 4) is 0 Å². The monoisotopic (exact) mass is 403 g/mol. The van der Waals surface area contributed by atoms with Crippen LogP contribution in [0.4, 0.5) is 0 Å². The molecule has 1 aromatic heterocycles. The highest BCUT2D eigenvalue weighted by Gasteiger charge is 2.17. The average molecular weight is 403 g/mol. The van der Waals surface area contributed by atoms with Crippen molar-refractivity contribution in [3.05, 3.63) is 83.4 Å². The maximum Gasteiger partial charge on any atom is 0.225 e. The molecule has 1 amide bonds. The predicted octanol–water partition coefficient (Wildman–Crippen LogP) is 4.37. The maximum atomic E-state index is 11.9. The third-order valence-electron chi connectivity index (χ3n) is 5.43. The van der Waals surface area contributed by atoms with Gasteiger partial charge in [-0.1, -0.05) is 42.5 Å². The van der Waals surface area contributed by atoms with Gasteiger partial charge in [0.25, 0.3) is 0 Å². The van der Waals surface area contributed by atoms with Gasteiger partial charge in [-0.3, -0.25) is 4.79 Å². The van der Waals surface area contributed by atoms with E-state index in [2.05, 4.69) is 0 Å². The molecular formula is C25H25NO4. The van der Waals surface area contributed by atoms with E-state index >= 15 is 0 Å². The molecular weight excluding hydrogens is 378 g/mol. The highest BCUT2D eigenvalue weighted by atomic mass is 16.3. The summed E-state index contributed by atoms with van der Waals surface area (Å²) in [5, 5.41) is 23.0. The van der Waals surface area contributed by atoms with Crippen LogP contribution in [0, 0.1) is 0 Å². The number of aliphatic hydroxyl groups is 2. The quantitative estimate of drug-likeness (QED) is 0.501. The molecule has 0 spiro atoms. The first-order valence-corrected chi connectivity index (χ1v) is 9.98. The van der Waals surface area contributed by atoms with Crippen molar-refractivity contribution in [1.82, 2.24) is 4.90 Å². The van der Waals surface area contributed by atoms with Gasteiger partial charge in [0, 0.05) is 31.3 Å². The molecule has 154 valence electrons. The van der Waals surface area contributed by atoms with E-state index in [1.54, 1.807) is 20.2 Å². The number of nitrogens with zero attached hydrogens (tertiary/aromatic N) is 1. The molecule has 1 heterocycles. The zero-order chi connectivity index (χ0) is 21.3. The van der Waals surface area contributed by atoms with Crippen molar-refractivity contribution in [2.24, 2.45) is 0 Å². The van der Waals surface area contributed by atoms with Crippen LogP contribution in [0.3, 0.4) is 0 Å². The summed E-state index contributed by atoms with van der Waals surface area (Å²) in [4.78, 5) is 13.4. The Balaban J connectivity index is 1.66. The number of aliphatic hydroxyl groups excluding tert-OH is 2. The lowest BCUT2D eigenvalue weighted by Crippen LogP contribution is -2.23. The zero-order valence-corrected chi connectivity index (χ0v) is 17.1. The van der Waals surface area contributed by atoms with Crippen molar-refractivity contribution in [2.75, 3.05) is 14.1 Å². The first kappa shape index (κ1) is 20.1. The van der Waals surface area contributed by atoms with Gasteiger partial charge in [-0.2, -0.15) is 0 Å². The van der Waals surface area contributed by atoms with Crippen molar-refractivity contribution < 1.29 is 19.4 Å². The van der Waals surface area contributed by atoms with Gasteiger partial charge < -0.3 is 19.5 Å². The van der Waals surface area contributed by atoms with Crippen molar-refractivity contribution in [3.63, 3.8) is 0 Å². The van der Waals surface area contributed by atoms with Gasteiger partial charge in [0.15, 0.2) is 0 Å². The normalized spacial score (nSPS) is 13.5. The van der Waals surface area contributed by atoms with E-state index < -0.39 is 12.2 Å². The largest absolute Gasteiger partial charge is 0.456 e. The molecule has 2 unspecified atom stereocenters. The summed E-state index contributed by atoms with van der Waals surface area (Å²) in [7, 11) is 3.34. The molecule has 4 rings (SSSR count). The third-order valence-corrected chi connectivity index (χ3v) is 5.43. The van der Waals surface area contributed by atoms with E-state index in [9.17, 15) is 15.0 Å².